The molecule has 0 bridgehead atoms. The molecule has 1 saturated heterocycles. The molecular formula is C12H18ClN3O3S. The van der Waals surface area contributed by atoms with Gasteiger partial charge in [-0.05, 0) is 37.1 Å². The van der Waals surface area contributed by atoms with Crippen LogP contribution in [0.25, 0.3) is 0 Å². The van der Waals surface area contributed by atoms with Crippen LogP contribution in [-0.4, -0.2) is 26.9 Å². The lowest BCUT2D eigenvalue weighted by atomic mass is 10.2. The van der Waals surface area contributed by atoms with Crippen LogP contribution in [0.5, 0.6) is 0 Å². The predicted molar refractivity (Wildman–Crippen MR) is 77.9 cm³/mol. The maximum Gasteiger partial charge on any atom is 0.238 e. The smallest absolute Gasteiger partial charge is 0.238 e. The van der Waals surface area contributed by atoms with Crippen LogP contribution in [0.4, 0.5) is 0 Å². The average Bonchev–Trinajstić information content (AvgIpc) is 2.89. The first-order valence-corrected chi connectivity index (χ1v) is 7.64. The SMILES string of the molecule is Cl.NS(=O)(=O)c1cccc(CNC(=O)[C@@H]2CCCN2)c1. The molecule has 1 aromatic carbocycles. The summed E-state index contributed by atoms with van der Waals surface area (Å²) >= 11 is 0. The van der Waals surface area contributed by atoms with Gasteiger partial charge in [-0.1, -0.05) is 12.1 Å². The molecule has 112 valence electrons. The van der Waals surface area contributed by atoms with Gasteiger partial charge in [0, 0.05) is 6.54 Å². The zero-order valence-electron chi connectivity index (χ0n) is 10.8. The van der Waals surface area contributed by atoms with Gasteiger partial charge in [0.05, 0.1) is 10.9 Å². The fourth-order valence-corrected chi connectivity index (χ4v) is 2.64. The average molecular weight is 320 g/mol. The number of primary sulfonamides is 1. The van der Waals surface area contributed by atoms with E-state index < -0.39 is 10.0 Å². The third kappa shape index (κ3) is 4.45. The molecule has 4 N–H and O–H groups in total. The van der Waals surface area contributed by atoms with E-state index in [1.165, 1.54) is 12.1 Å². The van der Waals surface area contributed by atoms with Crippen molar-refractivity contribution < 1.29 is 13.2 Å². The maximum atomic E-state index is 11.8. The summed E-state index contributed by atoms with van der Waals surface area (Å²) in [4.78, 5) is 11.8. The Bertz CT molecular complexity index is 571. The van der Waals surface area contributed by atoms with E-state index in [4.69, 9.17) is 5.14 Å². The third-order valence-electron chi connectivity index (χ3n) is 3.07. The van der Waals surface area contributed by atoms with E-state index in [0.717, 1.165) is 19.4 Å². The molecule has 0 aromatic heterocycles. The second-order valence-electron chi connectivity index (χ2n) is 4.56. The summed E-state index contributed by atoms with van der Waals surface area (Å²) in [6, 6.07) is 6.12. The number of hydrogen-bond donors (Lipinski definition) is 3. The monoisotopic (exact) mass is 319 g/mol. The number of rotatable bonds is 4. The van der Waals surface area contributed by atoms with Gasteiger partial charge in [0.25, 0.3) is 0 Å². The Balaban J connectivity index is 0.00000200. The lowest BCUT2D eigenvalue weighted by Crippen LogP contribution is -2.40. The minimum Gasteiger partial charge on any atom is -0.351 e. The summed E-state index contributed by atoms with van der Waals surface area (Å²) in [5.74, 6) is -0.0569. The van der Waals surface area contributed by atoms with Gasteiger partial charge >= 0.3 is 0 Å². The summed E-state index contributed by atoms with van der Waals surface area (Å²) in [7, 11) is -3.70. The summed E-state index contributed by atoms with van der Waals surface area (Å²) < 4.78 is 22.4. The number of sulfonamides is 1. The minimum atomic E-state index is -3.70. The molecule has 1 fully saturated rings. The van der Waals surface area contributed by atoms with Gasteiger partial charge in [0.2, 0.25) is 15.9 Å². The van der Waals surface area contributed by atoms with E-state index in [2.05, 4.69) is 10.6 Å². The molecule has 1 amide bonds. The van der Waals surface area contributed by atoms with Crippen molar-refractivity contribution in [3.63, 3.8) is 0 Å². The Hall–Kier alpha value is -1.15. The van der Waals surface area contributed by atoms with Crippen molar-refractivity contribution in [3.8, 4) is 0 Å². The Kier molecular flexibility index (Phi) is 5.94. The second kappa shape index (κ2) is 7.03. The normalized spacial score (nSPS) is 18.4. The fourth-order valence-electron chi connectivity index (χ4n) is 2.05. The molecule has 20 heavy (non-hydrogen) atoms. The molecule has 6 nitrogen and oxygen atoms in total. The van der Waals surface area contributed by atoms with E-state index in [0.29, 0.717) is 12.1 Å². The predicted octanol–water partition coefficient (Wildman–Crippen LogP) is 0.124. The van der Waals surface area contributed by atoms with Crippen molar-refractivity contribution in [1.29, 1.82) is 0 Å². The highest BCUT2D eigenvalue weighted by atomic mass is 35.5. The van der Waals surface area contributed by atoms with Gasteiger partial charge in [-0.25, -0.2) is 13.6 Å². The molecule has 1 heterocycles. The highest BCUT2D eigenvalue weighted by Crippen LogP contribution is 2.10. The van der Waals surface area contributed by atoms with Gasteiger partial charge in [-0.3, -0.25) is 4.79 Å². The van der Waals surface area contributed by atoms with Crippen LogP contribution >= 0.6 is 12.4 Å². The largest absolute Gasteiger partial charge is 0.351 e. The first kappa shape index (κ1) is 16.9. The number of nitrogens with two attached hydrogens (primary N) is 1. The number of amides is 1. The van der Waals surface area contributed by atoms with Crippen molar-refractivity contribution in [1.82, 2.24) is 10.6 Å². The van der Waals surface area contributed by atoms with E-state index in [1.807, 2.05) is 0 Å². The van der Waals surface area contributed by atoms with Crippen LogP contribution in [0.3, 0.4) is 0 Å². The maximum absolute atomic E-state index is 11.8. The quantitative estimate of drug-likeness (QED) is 0.734. The second-order valence-corrected chi connectivity index (χ2v) is 6.12. The van der Waals surface area contributed by atoms with Crippen LogP contribution in [-0.2, 0) is 21.4 Å². The zero-order valence-corrected chi connectivity index (χ0v) is 12.5. The number of benzene rings is 1. The molecule has 0 unspecified atom stereocenters. The molecule has 0 aliphatic carbocycles. The van der Waals surface area contributed by atoms with E-state index in [9.17, 15) is 13.2 Å². The molecule has 0 saturated carbocycles. The molecule has 1 atom stereocenters. The van der Waals surface area contributed by atoms with Crippen LogP contribution in [0, 0.1) is 0 Å². The first-order valence-electron chi connectivity index (χ1n) is 6.09. The van der Waals surface area contributed by atoms with Crippen molar-refractivity contribution in [2.75, 3.05) is 6.54 Å². The highest BCUT2D eigenvalue weighted by Gasteiger charge is 2.21. The Morgan fingerprint density at radius 3 is 2.80 bits per heavy atom. The van der Waals surface area contributed by atoms with E-state index in [-0.39, 0.29) is 29.3 Å². The molecule has 8 heteroatoms. The Labute approximate surface area is 124 Å². The number of carbonyl (C=O) groups is 1. The van der Waals surface area contributed by atoms with Gasteiger partial charge in [0.15, 0.2) is 0 Å². The van der Waals surface area contributed by atoms with Gasteiger partial charge in [-0.2, -0.15) is 0 Å². The van der Waals surface area contributed by atoms with E-state index >= 15 is 0 Å². The summed E-state index contributed by atoms with van der Waals surface area (Å²) in [6.45, 7) is 1.15. The van der Waals surface area contributed by atoms with E-state index in [1.54, 1.807) is 12.1 Å². The molecule has 0 radical (unpaired) electrons. The van der Waals surface area contributed by atoms with Crippen molar-refractivity contribution >= 4 is 28.3 Å². The molecule has 0 spiro atoms. The van der Waals surface area contributed by atoms with Gasteiger partial charge < -0.3 is 10.6 Å². The lowest BCUT2D eigenvalue weighted by molar-refractivity contribution is -0.122. The summed E-state index contributed by atoms with van der Waals surface area (Å²) in [6.07, 6.45) is 1.84. The summed E-state index contributed by atoms with van der Waals surface area (Å²) in [5, 5.41) is 10.9. The van der Waals surface area contributed by atoms with Crippen LogP contribution in [0.15, 0.2) is 29.2 Å². The van der Waals surface area contributed by atoms with Crippen molar-refractivity contribution in [2.45, 2.75) is 30.3 Å². The third-order valence-corrected chi connectivity index (χ3v) is 3.98. The highest BCUT2D eigenvalue weighted by molar-refractivity contribution is 7.89. The Morgan fingerprint density at radius 1 is 1.45 bits per heavy atom. The van der Waals surface area contributed by atoms with Crippen molar-refractivity contribution in [3.05, 3.63) is 29.8 Å². The van der Waals surface area contributed by atoms with Gasteiger partial charge in [0.1, 0.15) is 0 Å². The molecule has 1 aromatic rings. The molecular weight excluding hydrogens is 302 g/mol. The van der Waals surface area contributed by atoms with Gasteiger partial charge in [-0.15, -0.1) is 12.4 Å². The number of nitrogens with one attached hydrogen (secondary N) is 2. The molecule has 1 aliphatic heterocycles. The minimum absolute atomic E-state index is 0. The molecule has 1 aliphatic rings. The standard InChI is InChI=1S/C12H17N3O3S.ClH/c13-19(17,18)10-4-1-3-9(7-10)8-15-12(16)11-5-2-6-14-11;/h1,3-4,7,11,14H,2,5-6,8H2,(H,15,16)(H2,13,17,18);1H/t11-;/m0./s1. The van der Waals surface area contributed by atoms with Crippen molar-refractivity contribution in [2.24, 2.45) is 5.14 Å². The topological polar surface area (TPSA) is 101 Å². The number of halogens is 1. The number of hydrogen-bond acceptors (Lipinski definition) is 4. The fraction of sp³-hybridized carbons (Fsp3) is 0.417. The van der Waals surface area contributed by atoms with Crippen LogP contribution in [0.2, 0.25) is 0 Å². The zero-order chi connectivity index (χ0) is 13.9. The first-order chi connectivity index (χ1) is 8.97. The lowest BCUT2D eigenvalue weighted by Gasteiger charge is -2.11. The Morgan fingerprint density at radius 2 is 2.20 bits per heavy atom. The molecule has 2 rings (SSSR count). The van der Waals surface area contributed by atoms with Crippen LogP contribution < -0.4 is 15.8 Å². The van der Waals surface area contributed by atoms with Crippen LogP contribution in [0.1, 0.15) is 18.4 Å². The number of carbonyl (C=O) groups excluding carboxylic acids is 1. The summed E-state index contributed by atoms with van der Waals surface area (Å²) in [5.41, 5.74) is 0.706.